The third-order valence-electron chi connectivity index (χ3n) is 2.24. The first-order chi connectivity index (χ1) is 8.59. The van der Waals surface area contributed by atoms with Crippen molar-refractivity contribution in [2.45, 2.75) is 0 Å². The van der Waals surface area contributed by atoms with Crippen LogP contribution in [0.2, 0.25) is 5.02 Å². The Morgan fingerprint density at radius 3 is 2.44 bits per heavy atom. The number of rotatable bonds is 3. The van der Waals surface area contributed by atoms with Crippen molar-refractivity contribution in [2.75, 3.05) is 0 Å². The van der Waals surface area contributed by atoms with E-state index in [-0.39, 0.29) is 10.8 Å². The van der Waals surface area contributed by atoms with Gasteiger partial charge in [-0.05, 0) is 24.3 Å². The van der Waals surface area contributed by atoms with Crippen molar-refractivity contribution in [2.24, 2.45) is 0 Å². The number of para-hydroxylation sites is 1. The number of hydrogen-bond acceptors (Lipinski definition) is 2. The molecule has 0 unspecified atom stereocenters. The highest BCUT2D eigenvalue weighted by molar-refractivity contribution is 6.32. The van der Waals surface area contributed by atoms with Gasteiger partial charge in [-0.3, -0.25) is 0 Å². The lowest BCUT2D eigenvalue weighted by molar-refractivity contribution is 0.0691. The summed E-state index contributed by atoms with van der Waals surface area (Å²) in [5.41, 5.74) is -0.481. The highest BCUT2D eigenvalue weighted by atomic mass is 35.5. The lowest BCUT2D eigenvalue weighted by atomic mass is 10.2. The van der Waals surface area contributed by atoms with Crippen LogP contribution in [0, 0.1) is 5.82 Å². The molecule has 0 spiro atoms. The van der Waals surface area contributed by atoms with Crippen molar-refractivity contribution in [1.29, 1.82) is 0 Å². The van der Waals surface area contributed by atoms with E-state index in [1.165, 1.54) is 6.07 Å². The highest BCUT2D eigenvalue weighted by Crippen LogP contribution is 2.33. The molecule has 0 aliphatic rings. The molecule has 0 radical (unpaired) electrons. The molecule has 92 valence electrons. The molecule has 1 N–H and O–H groups in total. The highest BCUT2D eigenvalue weighted by Gasteiger charge is 2.18. The van der Waals surface area contributed by atoms with Crippen molar-refractivity contribution >= 4 is 17.6 Å². The van der Waals surface area contributed by atoms with Crippen LogP contribution in [0.1, 0.15) is 10.4 Å². The van der Waals surface area contributed by atoms with Crippen molar-refractivity contribution in [1.82, 2.24) is 0 Å². The number of benzene rings is 2. The fourth-order valence-electron chi connectivity index (χ4n) is 1.40. The SMILES string of the molecule is O=C(O)c1ccc(Cl)c(Oc2ccccc2)c1F. The van der Waals surface area contributed by atoms with Gasteiger partial charge in [-0.2, -0.15) is 0 Å². The van der Waals surface area contributed by atoms with E-state index in [2.05, 4.69) is 0 Å². The summed E-state index contributed by atoms with van der Waals surface area (Å²) in [7, 11) is 0. The van der Waals surface area contributed by atoms with Crippen molar-refractivity contribution < 1.29 is 19.0 Å². The molecule has 2 aromatic rings. The Balaban J connectivity index is 2.44. The lowest BCUT2D eigenvalue weighted by Gasteiger charge is -2.09. The fourth-order valence-corrected chi connectivity index (χ4v) is 1.58. The summed E-state index contributed by atoms with van der Waals surface area (Å²) in [5.74, 6) is -2.27. The Kier molecular flexibility index (Phi) is 3.48. The zero-order valence-electron chi connectivity index (χ0n) is 9.06. The van der Waals surface area contributed by atoms with Gasteiger partial charge in [0.15, 0.2) is 11.6 Å². The molecule has 3 nitrogen and oxygen atoms in total. The second kappa shape index (κ2) is 5.06. The first-order valence-corrected chi connectivity index (χ1v) is 5.41. The Bertz CT molecular complexity index is 584. The first-order valence-electron chi connectivity index (χ1n) is 5.04. The summed E-state index contributed by atoms with van der Waals surface area (Å²) in [4.78, 5) is 10.8. The number of aromatic carboxylic acids is 1. The Morgan fingerprint density at radius 1 is 1.17 bits per heavy atom. The predicted molar refractivity (Wildman–Crippen MR) is 64.9 cm³/mol. The molecule has 0 bridgehead atoms. The van der Waals surface area contributed by atoms with Gasteiger partial charge in [-0.15, -0.1) is 0 Å². The van der Waals surface area contributed by atoms with E-state index in [4.69, 9.17) is 21.4 Å². The minimum Gasteiger partial charge on any atom is -0.478 e. The number of hydrogen-bond donors (Lipinski definition) is 1. The number of carboxylic acid groups (broad SMARTS) is 1. The largest absolute Gasteiger partial charge is 0.478 e. The van der Waals surface area contributed by atoms with Gasteiger partial charge in [0.25, 0.3) is 0 Å². The summed E-state index contributed by atoms with van der Waals surface area (Å²) < 4.78 is 19.1. The molecule has 0 aliphatic heterocycles. The normalized spacial score (nSPS) is 10.1. The van der Waals surface area contributed by atoms with Crippen LogP contribution in [0.25, 0.3) is 0 Å². The predicted octanol–water partition coefficient (Wildman–Crippen LogP) is 3.97. The summed E-state index contributed by atoms with van der Waals surface area (Å²) in [5, 5.41) is 8.82. The van der Waals surface area contributed by atoms with Crippen molar-refractivity contribution in [3.8, 4) is 11.5 Å². The average Bonchev–Trinajstić information content (AvgIpc) is 2.35. The monoisotopic (exact) mass is 266 g/mol. The van der Waals surface area contributed by atoms with Gasteiger partial charge in [-0.1, -0.05) is 29.8 Å². The summed E-state index contributed by atoms with van der Waals surface area (Å²) in [6.07, 6.45) is 0. The van der Waals surface area contributed by atoms with E-state index in [1.54, 1.807) is 30.3 Å². The van der Waals surface area contributed by atoms with E-state index in [0.29, 0.717) is 5.75 Å². The minimum atomic E-state index is -1.37. The van der Waals surface area contributed by atoms with E-state index < -0.39 is 17.3 Å². The third-order valence-corrected chi connectivity index (χ3v) is 2.54. The van der Waals surface area contributed by atoms with Gasteiger partial charge in [0, 0.05) is 0 Å². The van der Waals surface area contributed by atoms with Gasteiger partial charge in [0.05, 0.1) is 10.6 Å². The number of carbonyl (C=O) groups is 1. The average molecular weight is 267 g/mol. The maximum absolute atomic E-state index is 13.9. The maximum Gasteiger partial charge on any atom is 0.338 e. The zero-order chi connectivity index (χ0) is 13.1. The topological polar surface area (TPSA) is 46.5 Å². The van der Waals surface area contributed by atoms with Crippen molar-refractivity contribution in [3.05, 3.63) is 58.9 Å². The number of ether oxygens (including phenoxy) is 1. The number of halogens is 2. The zero-order valence-corrected chi connectivity index (χ0v) is 9.82. The molecule has 0 aromatic heterocycles. The van der Waals surface area contributed by atoms with Gasteiger partial charge in [0.2, 0.25) is 0 Å². The molecular weight excluding hydrogens is 259 g/mol. The molecule has 0 atom stereocenters. The van der Waals surface area contributed by atoms with Gasteiger partial charge >= 0.3 is 5.97 Å². The summed E-state index contributed by atoms with van der Waals surface area (Å²) >= 11 is 5.80. The molecule has 2 rings (SSSR count). The molecule has 0 fully saturated rings. The Hall–Kier alpha value is -2.07. The standard InChI is InChI=1S/C13H8ClFO3/c14-10-7-6-9(13(16)17)11(15)12(10)18-8-4-2-1-3-5-8/h1-7H,(H,16,17). The maximum atomic E-state index is 13.9. The molecule has 18 heavy (non-hydrogen) atoms. The van der Waals surface area contributed by atoms with E-state index in [1.807, 2.05) is 0 Å². The van der Waals surface area contributed by atoms with Gasteiger partial charge < -0.3 is 9.84 Å². The van der Waals surface area contributed by atoms with Crippen LogP contribution in [-0.2, 0) is 0 Å². The summed E-state index contributed by atoms with van der Waals surface area (Å²) in [6.45, 7) is 0. The fraction of sp³-hybridized carbons (Fsp3) is 0. The molecule has 2 aromatic carbocycles. The summed E-state index contributed by atoms with van der Waals surface area (Å²) in [6, 6.07) is 10.8. The minimum absolute atomic E-state index is 0.0151. The molecule has 0 amide bonds. The van der Waals surface area contributed by atoms with E-state index >= 15 is 0 Å². The first kappa shape index (κ1) is 12.4. The Labute approximate surface area is 107 Å². The van der Waals surface area contributed by atoms with Crippen LogP contribution >= 0.6 is 11.6 Å². The smallest absolute Gasteiger partial charge is 0.338 e. The van der Waals surface area contributed by atoms with Gasteiger partial charge in [-0.25, -0.2) is 9.18 Å². The van der Waals surface area contributed by atoms with E-state index in [0.717, 1.165) is 6.07 Å². The van der Waals surface area contributed by atoms with Crippen LogP contribution in [0.5, 0.6) is 11.5 Å². The molecule has 0 aliphatic carbocycles. The third kappa shape index (κ3) is 2.43. The van der Waals surface area contributed by atoms with Crippen LogP contribution in [0.4, 0.5) is 4.39 Å². The lowest BCUT2D eigenvalue weighted by Crippen LogP contribution is -2.02. The number of carboxylic acids is 1. The second-order valence-electron chi connectivity index (χ2n) is 3.46. The molecule has 5 heteroatoms. The van der Waals surface area contributed by atoms with Crippen molar-refractivity contribution in [3.63, 3.8) is 0 Å². The van der Waals surface area contributed by atoms with Crippen LogP contribution in [0.15, 0.2) is 42.5 Å². The van der Waals surface area contributed by atoms with Crippen LogP contribution in [0.3, 0.4) is 0 Å². The van der Waals surface area contributed by atoms with E-state index in [9.17, 15) is 9.18 Å². The quantitative estimate of drug-likeness (QED) is 0.914. The second-order valence-corrected chi connectivity index (χ2v) is 3.87. The molecule has 0 saturated heterocycles. The molecule has 0 heterocycles. The van der Waals surface area contributed by atoms with Crippen LogP contribution < -0.4 is 4.74 Å². The van der Waals surface area contributed by atoms with Gasteiger partial charge in [0.1, 0.15) is 5.75 Å². The van der Waals surface area contributed by atoms with Crippen LogP contribution in [-0.4, -0.2) is 11.1 Å². The molecular formula is C13H8ClFO3. The molecule has 0 saturated carbocycles. The Morgan fingerprint density at radius 2 is 1.83 bits per heavy atom.